The molecule has 0 spiro atoms. The lowest BCUT2D eigenvalue weighted by atomic mass is 9.75. The molecule has 2 fully saturated rings. The Labute approximate surface area is 129 Å². The van der Waals surface area contributed by atoms with Gasteiger partial charge in [-0.2, -0.15) is 0 Å². The van der Waals surface area contributed by atoms with Crippen molar-refractivity contribution in [3.63, 3.8) is 0 Å². The molecule has 0 N–H and O–H groups in total. The fourth-order valence-corrected chi connectivity index (χ4v) is 4.41. The van der Waals surface area contributed by atoms with Gasteiger partial charge in [-0.1, -0.05) is 0 Å². The highest BCUT2D eigenvalue weighted by atomic mass is 32.1. The molecular formula is C15H23N3O2S. The smallest absolute Gasteiger partial charge is 0.232 e. The number of hydrogen-bond acceptors (Lipinski definition) is 5. The summed E-state index contributed by atoms with van der Waals surface area (Å²) in [7, 11) is 3.69. The zero-order valence-electron chi connectivity index (χ0n) is 13.0. The fraction of sp³-hybridized carbons (Fsp3) is 0.733. The van der Waals surface area contributed by atoms with Gasteiger partial charge in [0.15, 0.2) is 0 Å². The zero-order valence-corrected chi connectivity index (χ0v) is 13.8. The van der Waals surface area contributed by atoms with Crippen molar-refractivity contribution in [2.45, 2.75) is 32.4 Å². The highest BCUT2D eigenvalue weighted by Gasteiger charge is 2.53. The predicted octanol–water partition coefficient (Wildman–Crippen LogP) is 1.52. The summed E-state index contributed by atoms with van der Waals surface area (Å²) in [5.74, 6) is 0.218. The lowest BCUT2D eigenvalue weighted by Gasteiger charge is -2.43. The number of carbonyl (C=O) groups excluding carboxylic acids is 1. The fourth-order valence-electron chi connectivity index (χ4n) is 3.60. The molecule has 0 aliphatic carbocycles. The van der Waals surface area contributed by atoms with Crippen LogP contribution in [0.3, 0.4) is 0 Å². The van der Waals surface area contributed by atoms with Crippen molar-refractivity contribution in [1.29, 1.82) is 0 Å². The van der Waals surface area contributed by atoms with Crippen molar-refractivity contribution in [1.82, 2.24) is 14.8 Å². The second kappa shape index (κ2) is 5.66. The maximum atomic E-state index is 12.7. The number of aryl methyl sites for hydroxylation is 1. The first-order valence-corrected chi connectivity index (χ1v) is 8.35. The first-order chi connectivity index (χ1) is 10.0. The molecule has 3 heterocycles. The van der Waals surface area contributed by atoms with Crippen LogP contribution in [-0.2, 0) is 16.1 Å². The summed E-state index contributed by atoms with van der Waals surface area (Å²) in [6, 6.07) is 0. The molecule has 0 unspecified atom stereocenters. The van der Waals surface area contributed by atoms with Crippen LogP contribution in [0.1, 0.15) is 23.4 Å². The van der Waals surface area contributed by atoms with E-state index in [2.05, 4.69) is 16.8 Å². The monoisotopic (exact) mass is 309 g/mol. The molecule has 116 valence electrons. The summed E-state index contributed by atoms with van der Waals surface area (Å²) in [4.78, 5) is 22.5. The molecule has 1 aromatic rings. The third kappa shape index (κ3) is 2.60. The summed E-state index contributed by atoms with van der Waals surface area (Å²) < 4.78 is 5.85. The molecule has 1 aromatic heterocycles. The minimum Gasteiger partial charge on any atom is -0.377 e. The first kappa shape index (κ1) is 14.9. The van der Waals surface area contributed by atoms with Crippen molar-refractivity contribution in [2.24, 2.45) is 5.41 Å². The van der Waals surface area contributed by atoms with Gasteiger partial charge in [0.25, 0.3) is 0 Å². The molecule has 5 nitrogen and oxygen atoms in total. The van der Waals surface area contributed by atoms with E-state index < -0.39 is 0 Å². The quantitative estimate of drug-likeness (QED) is 0.849. The van der Waals surface area contributed by atoms with E-state index in [9.17, 15) is 4.79 Å². The van der Waals surface area contributed by atoms with E-state index in [1.807, 2.05) is 19.6 Å². The summed E-state index contributed by atoms with van der Waals surface area (Å²) in [6.45, 7) is 5.44. The molecule has 2 saturated heterocycles. The van der Waals surface area contributed by atoms with Gasteiger partial charge in [-0.05, 0) is 19.8 Å². The number of amides is 1. The standard InChI is InChI=1S/C15H23N3O2S/c1-11-12(21-10-16-11)8-18-6-4-13-15(9-18,5-7-20-13)14(19)17(2)3/h10,13H,4-9H2,1-3H3/t13-,15-/m1/s1. The Morgan fingerprint density at radius 1 is 1.62 bits per heavy atom. The molecule has 3 rings (SSSR count). The topological polar surface area (TPSA) is 45.7 Å². The van der Waals surface area contributed by atoms with Gasteiger partial charge in [-0.15, -0.1) is 11.3 Å². The Bertz CT molecular complexity index is 531. The van der Waals surface area contributed by atoms with Crippen LogP contribution in [0.2, 0.25) is 0 Å². The van der Waals surface area contributed by atoms with Gasteiger partial charge >= 0.3 is 0 Å². The van der Waals surface area contributed by atoms with E-state index in [-0.39, 0.29) is 17.4 Å². The number of thiazole rings is 1. The Morgan fingerprint density at radius 2 is 2.43 bits per heavy atom. The molecule has 0 radical (unpaired) electrons. The van der Waals surface area contributed by atoms with Crippen LogP contribution in [0, 0.1) is 12.3 Å². The average molecular weight is 309 g/mol. The van der Waals surface area contributed by atoms with Crippen molar-refractivity contribution in [3.05, 3.63) is 16.1 Å². The highest BCUT2D eigenvalue weighted by molar-refractivity contribution is 7.09. The second-order valence-corrected chi connectivity index (χ2v) is 7.26. The van der Waals surface area contributed by atoms with Gasteiger partial charge in [0.2, 0.25) is 5.91 Å². The lowest BCUT2D eigenvalue weighted by Crippen LogP contribution is -2.56. The van der Waals surface area contributed by atoms with E-state index in [4.69, 9.17) is 4.74 Å². The van der Waals surface area contributed by atoms with E-state index in [0.717, 1.165) is 38.2 Å². The number of hydrogen-bond donors (Lipinski definition) is 0. The Hall–Kier alpha value is -0.980. The van der Waals surface area contributed by atoms with Crippen LogP contribution in [0.25, 0.3) is 0 Å². The van der Waals surface area contributed by atoms with Crippen LogP contribution in [-0.4, -0.2) is 60.6 Å². The molecule has 2 aliphatic rings. The number of likely N-dealkylation sites (tertiary alicyclic amines) is 1. The van der Waals surface area contributed by atoms with Gasteiger partial charge in [-0.25, -0.2) is 4.98 Å². The number of nitrogens with zero attached hydrogens (tertiary/aromatic N) is 3. The van der Waals surface area contributed by atoms with E-state index in [1.54, 1.807) is 16.2 Å². The summed E-state index contributed by atoms with van der Waals surface area (Å²) >= 11 is 1.70. The number of carbonyl (C=O) groups is 1. The van der Waals surface area contributed by atoms with Crippen LogP contribution < -0.4 is 0 Å². The number of fused-ring (bicyclic) bond motifs is 1. The molecule has 6 heteroatoms. The molecular weight excluding hydrogens is 286 g/mol. The largest absolute Gasteiger partial charge is 0.377 e. The van der Waals surface area contributed by atoms with Crippen molar-refractivity contribution >= 4 is 17.2 Å². The van der Waals surface area contributed by atoms with E-state index in [0.29, 0.717) is 6.61 Å². The normalized spacial score (nSPS) is 29.4. The predicted molar refractivity (Wildman–Crippen MR) is 82.2 cm³/mol. The minimum absolute atomic E-state index is 0.0891. The van der Waals surface area contributed by atoms with Gasteiger partial charge in [0, 0.05) is 45.2 Å². The third-order valence-corrected chi connectivity index (χ3v) is 5.66. The first-order valence-electron chi connectivity index (χ1n) is 7.47. The SMILES string of the molecule is Cc1ncsc1CN1CC[C@H]2OCC[C@@]2(C(=O)N(C)C)C1. The lowest BCUT2D eigenvalue weighted by molar-refractivity contribution is -0.148. The van der Waals surface area contributed by atoms with Crippen molar-refractivity contribution in [2.75, 3.05) is 33.8 Å². The van der Waals surface area contributed by atoms with Gasteiger partial charge < -0.3 is 9.64 Å². The molecule has 1 amide bonds. The molecule has 0 saturated carbocycles. The van der Waals surface area contributed by atoms with E-state index in [1.165, 1.54) is 4.88 Å². The summed E-state index contributed by atoms with van der Waals surface area (Å²) in [6.07, 6.45) is 1.87. The van der Waals surface area contributed by atoms with Gasteiger partial charge in [0.1, 0.15) is 0 Å². The maximum Gasteiger partial charge on any atom is 0.232 e. The van der Waals surface area contributed by atoms with Gasteiger partial charge in [-0.3, -0.25) is 9.69 Å². The average Bonchev–Trinajstić information content (AvgIpc) is 3.05. The Balaban J connectivity index is 1.78. The molecule has 0 bridgehead atoms. The number of piperidine rings is 1. The van der Waals surface area contributed by atoms with E-state index >= 15 is 0 Å². The third-order valence-electron chi connectivity index (χ3n) is 4.74. The number of rotatable bonds is 3. The van der Waals surface area contributed by atoms with Crippen molar-refractivity contribution < 1.29 is 9.53 Å². The molecule has 2 aliphatic heterocycles. The zero-order chi connectivity index (χ0) is 15.0. The number of ether oxygens (including phenoxy) is 1. The molecule has 2 atom stereocenters. The summed E-state index contributed by atoms with van der Waals surface area (Å²) in [5.41, 5.74) is 2.66. The van der Waals surface area contributed by atoms with Crippen LogP contribution in [0.15, 0.2) is 5.51 Å². The number of aromatic nitrogens is 1. The van der Waals surface area contributed by atoms with Crippen LogP contribution in [0.5, 0.6) is 0 Å². The summed E-state index contributed by atoms with van der Waals surface area (Å²) in [5, 5.41) is 0. The van der Waals surface area contributed by atoms with Crippen molar-refractivity contribution in [3.8, 4) is 0 Å². The Kier molecular flexibility index (Phi) is 4.03. The maximum absolute atomic E-state index is 12.7. The van der Waals surface area contributed by atoms with Gasteiger partial charge in [0.05, 0.1) is 22.7 Å². The van der Waals surface area contributed by atoms with Crippen LogP contribution in [0.4, 0.5) is 0 Å². The second-order valence-electron chi connectivity index (χ2n) is 6.33. The Morgan fingerprint density at radius 3 is 3.10 bits per heavy atom. The minimum atomic E-state index is -0.347. The highest BCUT2D eigenvalue weighted by Crippen LogP contribution is 2.42. The van der Waals surface area contributed by atoms with Crippen LogP contribution >= 0.6 is 11.3 Å². The molecule has 0 aromatic carbocycles. The molecule has 21 heavy (non-hydrogen) atoms.